The van der Waals surface area contributed by atoms with Crippen LogP contribution >= 0.6 is 11.6 Å². The standard InChI is InChI=1S/C19H17ClN4O3/c1-2-21-17(25)16-18(26)23(12-13-7-6-8-14(20)11-13)19(27)24(22-16)15-9-4-3-5-10-15/h3-11H,2,12H2,1H3,(H,21,25). The Balaban J connectivity index is 2.21. The number of rotatable bonds is 5. The predicted octanol–water partition coefficient (Wildman–Crippen LogP) is 1.85. The van der Waals surface area contributed by atoms with Gasteiger partial charge in [-0.2, -0.15) is 9.78 Å². The molecule has 7 nitrogen and oxygen atoms in total. The van der Waals surface area contributed by atoms with Crippen molar-refractivity contribution >= 4 is 17.5 Å². The van der Waals surface area contributed by atoms with E-state index in [4.69, 9.17) is 11.6 Å². The molecule has 0 aliphatic carbocycles. The average molecular weight is 385 g/mol. The summed E-state index contributed by atoms with van der Waals surface area (Å²) in [6.07, 6.45) is 0. The molecule has 3 rings (SSSR count). The molecule has 8 heteroatoms. The SMILES string of the molecule is CCNC(=O)c1nn(-c2ccccc2)c(=O)n(Cc2cccc(Cl)c2)c1=O. The van der Waals surface area contributed by atoms with Crippen LogP contribution in [0.15, 0.2) is 64.2 Å². The Morgan fingerprint density at radius 3 is 2.52 bits per heavy atom. The molecule has 27 heavy (non-hydrogen) atoms. The topological polar surface area (TPSA) is 86.0 Å². The third-order valence-corrected chi connectivity index (χ3v) is 4.08. The first-order chi connectivity index (χ1) is 13.0. The van der Waals surface area contributed by atoms with Crippen LogP contribution < -0.4 is 16.6 Å². The fourth-order valence-electron chi connectivity index (χ4n) is 2.60. The van der Waals surface area contributed by atoms with Crippen LogP contribution in [0.5, 0.6) is 0 Å². The van der Waals surface area contributed by atoms with Gasteiger partial charge in [0.2, 0.25) is 5.69 Å². The molecule has 0 radical (unpaired) electrons. The second-order valence-electron chi connectivity index (χ2n) is 5.76. The molecule has 0 aliphatic rings. The van der Waals surface area contributed by atoms with Gasteiger partial charge in [0.25, 0.3) is 11.5 Å². The lowest BCUT2D eigenvalue weighted by atomic mass is 10.2. The number of hydrogen-bond donors (Lipinski definition) is 1. The molecule has 1 aromatic heterocycles. The summed E-state index contributed by atoms with van der Waals surface area (Å²) in [5.41, 5.74) is -0.623. The Kier molecular flexibility index (Phi) is 5.52. The van der Waals surface area contributed by atoms with E-state index in [9.17, 15) is 14.4 Å². The van der Waals surface area contributed by atoms with Crippen molar-refractivity contribution in [3.05, 3.63) is 91.7 Å². The Hall–Kier alpha value is -3.19. The van der Waals surface area contributed by atoms with Crippen molar-refractivity contribution in [2.24, 2.45) is 0 Å². The minimum absolute atomic E-state index is 0.0278. The number of benzene rings is 2. The number of halogens is 1. The largest absolute Gasteiger partial charge is 0.352 e. The molecule has 1 heterocycles. The quantitative estimate of drug-likeness (QED) is 0.727. The van der Waals surface area contributed by atoms with Crippen LogP contribution in [0.25, 0.3) is 5.69 Å². The van der Waals surface area contributed by atoms with Gasteiger partial charge < -0.3 is 5.32 Å². The second kappa shape index (κ2) is 8.01. The van der Waals surface area contributed by atoms with Crippen LogP contribution in [0.4, 0.5) is 0 Å². The first kappa shape index (κ1) is 18.6. The van der Waals surface area contributed by atoms with Crippen molar-refractivity contribution in [1.29, 1.82) is 0 Å². The van der Waals surface area contributed by atoms with Gasteiger partial charge in [0.15, 0.2) is 0 Å². The lowest BCUT2D eigenvalue weighted by molar-refractivity contribution is 0.0946. The zero-order valence-electron chi connectivity index (χ0n) is 14.6. The van der Waals surface area contributed by atoms with Gasteiger partial charge in [-0.1, -0.05) is 41.9 Å². The van der Waals surface area contributed by atoms with Crippen LogP contribution in [-0.4, -0.2) is 26.8 Å². The molecule has 0 aliphatic heterocycles. The number of amides is 1. The van der Waals surface area contributed by atoms with Crippen molar-refractivity contribution in [2.45, 2.75) is 13.5 Å². The molecular formula is C19H17ClN4O3. The van der Waals surface area contributed by atoms with Crippen molar-refractivity contribution in [1.82, 2.24) is 19.7 Å². The molecule has 2 aromatic carbocycles. The molecule has 0 atom stereocenters. The zero-order chi connectivity index (χ0) is 19.4. The number of hydrogen-bond acceptors (Lipinski definition) is 4. The maximum atomic E-state index is 12.9. The summed E-state index contributed by atoms with van der Waals surface area (Å²) in [5.74, 6) is -0.632. The van der Waals surface area contributed by atoms with E-state index in [1.165, 1.54) is 0 Å². The molecule has 0 saturated carbocycles. The van der Waals surface area contributed by atoms with Crippen LogP contribution in [0.1, 0.15) is 23.0 Å². The van der Waals surface area contributed by atoms with Gasteiger partial charge in [0.05, 0.1) is 12.2 Å². The number of carbonyl (C=O) groups excluding carboxylic acids is 1. The van der Waals surface area contributed by atoms with Gasteiger partial charge in [-0.25, -0.2) is 4.79 Å². The van der Waals surface area contributed by atoms with E-state index in [-0.39, 0.29) is 12.2 Å². The summed E-state index contributed by atoms with van der Waals surface area (Å²) in [4.78, 5) is 38.0. The Labute approximate surface area is 159 Å². The van der Waals surface area contributed by atoms with E-state index < -0.39 is 17.2 Å². The fourth-order valence-corrected chi connectivity index (χ4v) is 2.81. The summed E-state index contributed by atoms with van der Waals surface area (Å²) in [5, 5.41) is 7.05. The minimum atomic E-state index is -0.752. The number of nitrogens with one attached hydrogen (secondary N) is 1. The Morgan fingerprint density at radius 2 is 1.85 bits per heavy atom. The molecular weight excluding hydrogens is 368 g/mol. The highest BCUT2D eigenvalue weighted by Crippen LogP contribution is 2.11. The average Bonchev–Trinajstić information content (AvgIpc) is 2.66. The summed E-state index contributed by atoms with van der Waals surface area (Å²) in [6.45, 7) is 2.04. The highest BCUT2D eigenvalue weighted by molar-refractivity contribution is 6.30. The monoisotopic (exact) mass is 384 g/mol. The normalized spacial score (nSPS) is 10.6. The molecule has 1 amide bonds. The van der Waals surface area contributed by atoms with Crippen molar-refractivity contribution in [3.8, 4) is 5.69 Å². The van der Waals surface area contributed by atoms with Gasteiger partial charge >= 0.3 is 5.69 Å². The second-order valence-corrected chi connectivity index (χ2v) is 6.20. The first-order valence-corrected chi connectivity index (χ1v) is 8.71. The zero-order valence-corrected chi connectivity index (χ0v) is 15.3. The van der Waals surface area contributed by atoms with Gasteiger partial charge in [-0.15, -0.1) is 0 Å². The van der Waals surface area contributed by atoms with E-state index >= 15 is 0 Å². The minimum Gasteiger partial charge on any atom is -0.351 e. The van der Waals surface area contributed by atoms with Gasteiger partial charge in [0, 0.05) is 11.6 Å². The molecule has 0 saturated heterocycles. The molecule has 0 bridgehead atoms. The predicted molar refractivity (Wildman–Crippen MR) is 103 cm³/mol. The van der Waals surface area contributed by atoms with Crippen molar-refractivity contribution in [3.63, 3.8) is 0 Å². The van der Waals surface area contributed by atoms with Crippen LogP contribution in [0.2, 0.25) is 5.02 Å². The van der Waals surface area contributed by atoms with Gasteiger partial charge in [-0.3, -0.25) is 14.2 Å². The Bertz CT molecular complexity index is 1090. The third-order valence-electron chi connectivity index (χ3n) is 3.84. The first-order valence-electron chi connectivity index (χ1n) is 8.33. The molecule has 1 N–H and O–H groups in total. The summed E-state index contributed by atoms with van der Waals surface area (Å²) in [6, 6.07) is 15.4. The van der Waals surface area contributed by atoms with Crippen LogP contribution in [-0.2, 0) is 6.54 Å². The number of para-hydroxylation sites is 1. The van der Waals surface area contributed by atoms with E-state index in [1.807, 2.05) is 0 Å². The highest BCUT2D eigenvalue weighted by atomic mass is 35.5. The summed E-state index contributed by atoms with van der Waals surface area (Å²) >= 11 is 5.99. The maximum absolute atomic E-state index is 12.9. The summed E-state index contributed by atoms with van der Waals surface area (Å²) < 4.78 is 2.03. The van der Waals surface area contributed by atoms with Gasteiger partial charge in [0.1, 0.15) is 0 Å². The molecule has 138 valence electrons. The van der Waals surface area contributed by atoms with E-state index in [2.05, 4.69) is 10.4 Å². The molecule has 0 spiro atoms. The van der Waals surface area contributed by atoms with Crippen molar-refractivity contribution < 1.29 is 4.79 Å². The van der Waals surface area contributed by atoms with Crippen molar-refractivity contribution in [2.75, 3.05) is 6.54 Å². The highest BCUT2D eigenvalue weighted by Gasteiger charge is 2.20. The van der Waals surface area contributed by atoms with E-state index in [1.54, 1.807) is 61.5 Å². The van der Waals surface area contributed by atoms with E-state index in [0.717, 1.165) is 9.25 Å². The third kappa shape index (κ3) is 3.98. The lowest BCUT2D eigenvalue weighted by Gasteiger charge is -2.12. The van der Waals surface area contributed by atoms with Crippen LogP contribution in [0.3, 0.4) is 0 Å². The lowest BCUT2D eigenvalue weighted by Crippen LogP contribution is -2.46. The number of carbonyl (C=O) groups is 1. The Morgan fingerprint density at radius 1 is 1.11 bits per heavy atom. The smallest absolute Gasteiger partial charge is 0.351 e. The van der Waals surface area contributed by atoms with Crippen LogP contribution in [0, 0.1) is 0 Å². The van der Waals surface area contributed by atoms with E-state index in [0.29, 0.717) is 22.8 Å². The molecule has 0 fully saturated rings. The molecule has 3 aromatic rings. The number of nitrogens with zero attached hydrogens (tertiary/aromatic N) is 3. The molecule has 0 unspecified atom stereocenters. The maximum Gasteiger partial charge on any atom is 0.352 e. The summed E-state index contributed by atoms with van der Waals surface area (Å²) in [7, 11) is 0. The van der Waals surface area contributed by atoms with Gasteiger partial charge in [-0.05, 0) is 36.8 Å². The fraction of sp³-hybridized carbons (Fsp3) is 0.158. The number of aromatic nitrogens is 3.